The van der Waals surface area contributed by atoms with Crippen molar-refractivity contribution in [3.8, 4) is 0 Å². The van der Waals surface area contributed by atoms with Gasteiger partial charge < -0.3 is 15.4 Å². The predicted molar refractivity (Wildman–Crippen MR) is 70.3 cm³/mol. The number of ether oxygens (including phenoxy) is 1. The van der Waals surface area contributed by atoms with Gasteiger partial charge in [-0.15, -0.1) is 0 Å². The summed E-state index contributed by atoms with van der Waals surface area (Å²) in [6.45, 7) is 3.57. The van der Waals surface area contributed by atoms with E-state index in [0.29, 0.717) is 31.7 Å². The largest absolute Gasteiger partial charge is 0.378 e. The van der Waals surface area contributed by atoms with Crippen molar-refractivity contribution in [2.75, 3.05) is 19.8 Å². The van der Waals surface area contributed by atoms with Crippen LogP contribution >= 0.6 is 0 Å². The highest BCUT2D eigenvalue weighted by Crippen LogP contribution is 2.09. The fourth-order valence-electron chi connectivity index (χ4n) is 2.12. The number of rotatable bonds is 4. The zero-order chi connectivity index (χ0) is 13.7. The third kappa shape index (κ3) is 4.01. The minimum absolute atomic E-state index is 0.0939. The molecule has 1 aliphatic heterocycles. The standard InChI is InChI=1S/C14H19FN2O2/c1-10(8-11-4-2-3-5-12(11)15)17-14(18)13-9-19-7-6-16-13/h2-5,10,13,16H,6-9H2,1H3,(H,17,18). The van der Waals surface area contributed by atoms with Gasteiger partial charge in [0.1, 0.15) is 11.9 Å². The van der Waals surface area contributed by atoms with Crippen LogP contribution in [0.2, 0.25) is 0 Å². The summed E-state index contributed by atoms with van der Waals surface area (Å²) in [5.74, 6) is -0.328. The summed E-state index contributed by atoms with van der Waals surface area (Å²) >= 11 is 0. The lowest BCUT2D eigenvalue weighted by molar-refractivity contribution is -0.126. The van der Waals surface area contributed by atoms with E-state index in [1.807, 2.05) is 6.92 Å². The number of halogens is 1. The second-order valence-corrected chi connectivity index (χ2v) is 4.79. The van der Waals surface area contributed by atoms with Gasteiger partial charge in [-0.25, -0.2) is 4.39 Å². The lowest BCUT2D eigenvalue weighted by Gasteiger charge is -2.24. The van der Waals surface area contributed by atoms with Crippen molar-refractivity contribution >= 4 is 5.91 Å². The molecule has 1 aromatic rings. The van der Waals surface area contributed by atoms with E-state index in [1.54, 1.807) is 18.2 Å². The molecule has 4 nitrogen and oxygen atoms in total. The molecular weight excluding hydrogens is 247 g/mol. The van der Waals surface area contributed by atoms with Crippen LogP contribution in [0.1, 0.15) is 12.5 Å². The molecule has 1 saturated heterocycles. The maximum absolute atomic E-state index is 13.5. The SMILES string of the molecule is CC(Cc1ccccc1F)NC(=O)C1COCCN1. The molecule has 0 saturated carbocycles. The summed E-state index contributed by atoms with van der Waals surface area (Å²) in [7, 11) is 0. The number of benzene rings is 1. The number of nitrogens with one attached hydrogen (secondary N) is 2. The summed E-state index contributed by atoms with van der Waals surface area (Å²) in [5, 5.41) is 5.97. The van der Waals surface area contributed by atoms with Crippen LogP contribution in [0.15, 0.2) is 24.3 Å². The van der Waals surface area contributed by atoms with Crippen molar-refractivity contribution in [3.05, 3.63) is 35.6 Å². The Kier molecular flexibility index (Phi) is 4.87. The van der Waals surface area contributed by atoms with Gasteiger partial charge in [-0.05, 0) is 25.0 Å². The molecule has 1 fully saturated rings. The van der Waals surface area contributed by atoms with Gasteiger partial charge in [0.25, 0.3) is 0 Å². The van der Waals surface area contributed by atoms with Crippen LogP contribution in [0.4, 0.5) is 4.39 Å². The number of carbonyl (C=O) groups is 1. The lowest BCUT2D eigenvalue weighted by atomic mass is 10.1. The highest BCUT2D eigenvalue weighted by Gasteiger charge is 2.22. The summed E-state index contributed by atoms with van der Waals surface area (Å²) < 4.78 is 18.7. The van der Waals surface area contributed by atoms with Crippen LogP contribution in [0, 0.1) is 5.82 Å². The van der Waals surface area contributed by atoms with Gasteiger partial charge in [-0.1, -0.05) is 18.2 Å². The molecule has 2 unspecified atom stereocenters. The van der Waals surface area contributed by atoms with Gasteiger partial charge in [0.05, 0.1) is 13.2 Å². The van der Waals surface area contributed by atoms with Crippen molar-refractivity contribution in [2.24, 2.45) is 0 Å². The van der Waals surface area contributed by atoms with Crippen LogP contribution in [0.5, 0.6) is 0 Å². The van der Waals surface area contributed by atoms with E-state index in [-0.39, 0.29) is 23.8 Å². The molecule has 1 heterocycles. The highest BCUT2D eigenvalue weighted by molar-refractivity contribution is 5.82. The molecule has 2 atom stereocenters. The molecule has 2 N–H and O–H groups in total. The minimum atomic E-state index is -0.308. The number of hydrogen-bond acceptors (Lipinski definition) is 3. The summed E-state index contributed by atoms with van der Waals surface area (Å²) in [4.78, 5) is 11.9. The van der Waals surface area contributed by atoms with E-state index in [4.69, 9.17) is 4.74 Å². The van der Waals surface area contributed by atoms with Gasteiger partial charge >= 0.3 is 0 Å². The lowest BCUT2D eigenvalue weighted by Crippen LogP contribution is -2.53. The fraction of sp³-hybridized carbons (Fsp3) is 0.500. The smallest absolute Gasteiger partial charge is 0.239 e. The molecule has 1 aliphatic rings. The zero-order valence-electron chi connectivity index (χ0n) is 11.0. The molecule has 5 heteroatoms. The molecule has 0 aromatic heterocycles. The number of hydrogen-bond donors (Lipinski definition) is 2. The Morgan fingerprint density at radius 3 is 3.05 bits per heavy atom. The Balaban J connectivity index is 1.85. The predicted octanol–water partition coefficient (Wildman–Crippen LogP) is 0.861. The Morgan fingerprint density at radius 2 is 2.37 bits per heavy atom. The molecule has 2 rings (SSSR count). The Labute approximate surface area is 112 Å². The molecule has 104 valence electrons. The van der Waals surface area contributed by atoms with Crippen LogP contribution in [0.25, 0.3) is 0 Å². The third-order valence-corrected chi connectivity index (χ3v) is 3.11. The van der Waals surface area contributed by atoms with E-state index in [1.165, 1.54) is 6.07 Å². The fourth-order valence-corrected chi connectivity index (χ4v) is 2.12. The number of carbonyl (C=O) groups excluding carboxylic acids is 1. The normalized spacial score (nSPS) is 20.8. The third-order valence-electron chi connectivity index (χ3n) is 3.11. The Bertz CT molecular complexity index is 433. The average Bonchev–Trinajstić information content (AvgIpc) is 2.42. The summed E-state index contributed by atoms with van der Waals surface area (Å²) in [5.41, 5.74) is 0.614. The average molecular weight is 266 g/mol. The van der Waals surface area contributed by atoms with Crippen LogP contribution in [-0.2, 0) is 16.0 Å². The van der Waals surface area contributed by atoms with E-state index >= 15 is 0 Å². The molecule has 19 heavy (non-hydrogen) atoms. The molecule has 0 aliphatic carbocycles. The van der Waals surface area contributed by atoms with E-state index in [0.717, 1.165) is 0 Å². The van der Waals surface area contributed by atoms with Crippen LogP contribution < -0.4 is 10.6 Å². The second-order valence-electron chi connectivity index (χ2n) is 4.79. The summed E-state index contributed by atoms with van der Waals surface area (Å²) in [6, 6.07) is 6.19. The van der Waals surface area contributed by atoms with Gasteiger partial charge in [0.2, 0.25) is 5.91 Å². The first-order valence-electron chi connectivity index (χ1n) is 6.51. The monoisotopic (exact) mass is 266 g/mol. The van der Waals surface area contributed by atoms with E-state index in [2.05, 4.69) is 10.6 Å². The maximum atomic E-state index is 13.5. The molecule has 0 bridgehead atoms. The quantitative estimate of drug-likeness (QED) is 0.850. The van der Waals surface area contributed by atoms with E-state index in [9.17, 15) is 9.18 Å². The minimum Gasteiger partial charge on any atom is -0.378 e. The van der Waals surface area contributed by atoms with Gasteiger partial charge in [0.15, 0.2) is 0 Å². The maximum Gasteiger partial charge on any atom is 0.239 e. The van der Waals surface area contributed by atoms with Crippen molar-refractivity contribution in [1.82, 2.24) is 10.6 Å². The zero-order valence-corrected chi connectivity index (χ0v) is 11.0. The number of amides is 1. The van der Waals surface area contributed by atoms with Crippen LogP contribution in [-0.4, -0.2) is 37.7 Å². The van der Waals surface area contributed by atoms with Gasteiger partial charge in [-0.2, -0.15) is 0 Å². The second kappa shape index (κ2) is 6.63. The molecule has 0 radical (unpaired) electrons. The van der Waals surface area contributed by atoms with Crippen molar-refractivity contribution in [2.45, 2.75) is 25.4 Å². The first-order valence-corrected chi connectivity index (χ1v) is 6.51. The first-order chi connectivity index (χ1) is 9.16. The Hall–Kier alpha value is -1.46. The highest BCUT2D eigenvalue weighted by atomic mass is 19.1. The van der Waals surface area contributed by atoms with Crippen molar-refractivity contribution in [1.29, 1.82) is 0 Å². The van der Waals surface area contributed by atoms with Gasteiger partial charge in [0, 0.05) is 12.6 Å². The Morgan fingerprint density at radius 1 is 1.58 bits per heavy atom. The number of morpholine rings is 1. The molecule has 0 spiro atoms. The molecular formula is C14H19FN2O2. The molecule has 1 amide bonds. The first kappa shape index (κ1) is 14.0. The topological polar surface area (TPSA) is 50.4 Å². The van der Waals surface area contributed by atoms with Crippen molar-refractivity contribution in [3.63, 3.8) is 0 Å². The summed E-state index contributed by atoms with van der Waals surface area (Å²) in [6.07, 6.45) is 0.478. The molecule has 1 aromatic carbocycles. The van der Waals surface area contributed by atoms with Crippen molar-refractivity contribution < 1.29 is 13.9 Å². The van der Waals surface area contributed by atoms with Crippen LogP contribution in [0.3, 0.4) is 0 Å². The van der Waals surface area contributed by atoms with E-state index < -0.39 is 0 Å². The van der Waals surface area contributed by atoms with Gasteiger partial charge in [-0.3, -0.25) is 4.79 Å².